The lowest BCUT2D eigenvalue weighted by Gasteiger charge is -2.07. The van der Waals surface area contributed by atoms with Gasteiger partial charge in [-0.05, 0) is 18.2 Å². The number of amides is 1. The summed E-state index contributed by atoms with van der Waals surface area (Å²) >= 11 is 1.26. The molecule has 2 aromatic carbocycles. The normalized spacial score (nSPS) is 11.3. The smallest absolute Gasteiger partial charge is 0.234 e. The topological polar surface area (TPSA) is 94.0 Å². The predicted octanol–water partition coefficient (Wildman–Crippen LogP) is 2.62. The van der Waals surface area contributed by atoms with E-state index in [0.29, 0.717) is 10.8 Å². The lowest BCUT2D eigenvalue weighted by Crippen LogP contribution is -2.14. The Bertz CT molecular complexity index is 1060. The maximum Gasteiger partial charge on any atom is 0.234 e. The number of aromatic nitrogens is 3. The third-order valence-corrected chi connectivity index (χ3v) is 5.88. The lowest BCUT2D eigenvalue weighted by molar-refractivity contribution is -0.113. The predicted molar refractivity (Wildman–Crippen MR) is 105 cm³/mol. The lowest BCUT2D eigenvalue weighted by atomic mass is 10.2. The fourth-order valence-corrected chi connectivity index (χ4v) is 3.79. The van der Waals surface area contributed by atoms with Gasteiger partial charge in [-0.15, -0.1) is 10.2 Å². The number of nitrogens with zero attached hydrogens (tertiary/aromatic N) is 3. The van der Waals surface area contributed by atoms with E-state index < -0.39 is 9.84 Å². The molecule has 3 rings (SSSR count). The molecule has 0 unspecified atom stereocenters. The highest BCUT2D eigenvalue weighted by molar-refractivity contribution is 7.99. The van der Waals surface area contributed by atoms with Crippen LogP contribution in [-0.2, 0) is 21.7 Å². The van der Waals surface area contributed by atoms with Gasteiger partial charge in [0.1, 0.15) is 0 Å². The first-order valence-electron chi connectivity index (χ1n) is 8.02. The maximum atomic E-state index is 12.2. The molecule has 1 heterocycles. The SMILES string of the molecule is Cn1c(SCC(=O)Nc2cccc(S(C)(=O)=O)c2)nnc1-c1ccccc1. The van der Waals surface area contributed by atoms with E-state index in [1.165, 1.54) is 23.9 Å². The van der Waals surface area contributed by atoms with Gasteiger partial charge in [0.2, 0.25) is 5.91 Å². The third-order valence-electron chi connectivity index (χ3n) is 3.75. The Kier molecular flexibility index (Phi) is 5.62. The van der Waals surface area contributed by atoms with E-state index in [-0.39, 0.29) is 16.6 Å². The molecule has 3 aromatic rings. The highest BCUT2D eigenvalue weighted by Crippen LogP contribution is 2.22. The first kappa shape index (κ1) is 19.1. The van der Waals surface area contributed by atoms with Gasteiger partial charge in [0.25, 0.3) is 0 Å². The Labute approximate surface area is 161 Å². The van der Waals surface area contributed by atoms with Crippen LogP contribution >= 0.6 is 11.8 Å². The summed E-state index contributed by atoms with van der Waals surface area (Å²) in [6, 6.07) is 15.8. The van der Waals surface area contributed by atoms with Crippen molar-refractivity contribution >= 4 is 33.2 Å². The number of carbonyl (C=O) groups is 1. The van der Waals surface area contributed by atoms with Crippen molar-refractivity contribution in [3.63, 3.8) is 0 Å². The van der Waals surface area contributed by atoms with Gasteiger partial charge in [-0.1, -0.05) is 48.2 Å². The van der Waals surface area contributed by atoms with Gasteiger partial charge in [0, 0.05) is 24.6 Å². The van der Waals surface area contributed by atoms with Gasteiger partial charge in [0.05, 0.1) is 10.6 Å². The molecule has 1 aromatic heterocycles. The van der Waals surface area contributed by atoms with Crippen LogP contribution in [0.3, 0.4) is 0 Å². The second kappa shape index (κ2) is 7.93. The maximum absolute atomic E-state index is 12.2. The summed E-state index contributed by atoms with van der Waals surface area (Å²) in [4.78, 5) is 12.4. The van der Waals surface area contributed by atoms with Crippen molar-refractivity contribution < 1.29 is 13.2 Å². The molecule has 140 valence electrons. The van der Waals surface area contributed by atoms with E-state index >= 15 is 0 Å². The minimum Gasteiger partial charge on any atom is -0.325 e. The molecular formula is C18H18N4O3S2. The molecule has 1 amide bonds. The summed E-state index contributed by atoms with van der Waals surface area (Å²) in [5, 5.41) is 11.6. The Balaban J connectivity index is 1.64. The van der Waals surface area contributed by atoms with Crippen LogP contribution in [0, 0.1) is 0 Å². The molecule has 1 N–H and O–H groups in total. The van der Waals surface area contributed by atoms with Crippen LogP contribution in [0.5, 0.6) is 0 Å². The standard InChI is InChI=1S/C18H18N4O3S2/c1-22-17(13-7-4-3-5-8-13)20-21-18(22)26-12-16(23)19-14-9-6-10-15(11-14)27(2,24)25/h3-11H,12H2,1-2H3,(H,19,23). The number of nitrogens with one attached hydrogen (secondary N) is 1. The van der Waals surface area contributed by atoms with Crippen molar-refractivity contribution in [1.82, 2.24) is 14.8 Å². The molecule has 0 aliphatic carbocycles. The molecular weight excluding hydrogens is 384 g/mol. The second-order valence-electron chi connectivity index (χ2n) is 5.87. The first-order chi connectivity index (χ1) is 12.8. The van der Waals surface area contributed by atoms with Gasteiger partial charge in [0.15, 0.2) is 20.8 Å². The van der Waals surface area contributed by atoms with Gasteiger partial charge in [-0.2, -0.15) is 0 Å². The highest BCUT2D eigenvalue weighted by Gasteiger charge is 2.13. The largest absolute Gasteiger partial charge is 0.325 e. The van der Waals surface area contributed by atoms with Crippen LogP contribution in [0.25, 0.3) is 11.4 Å². The van der Waals surface area contributed by atoms with Crippen LogP contribution in [0.15, 0.2) is 64.6 Å². The summed E-state index contributed by atoms with van der Waals surface area (Å²) in [7, 11) is -1.48. The monoisotopic (exact) mass is 402 g/mol. The molecule has 0 radical (unpaired) electrons. The van der Waals surface area contributed by atoms with E-state index in [9.17, 15) is 13.2 Å². The molecule has 0 aliphatic heterocycles. The van der Waals surface area contributed by atoms with E-state index in [4.69, 9.17) is 0 Å². The van der Waals surface area contributed by atoms with Crippen LogP contribution in [0.2, 0.25) is 0 Å². The van der Waals surface area contributed by atoms with Crippen LogP contribution < -0.4 is 5.32 Å². The Morgan fingerprint density at radius 2 is 1.85 bits per heavy atom. The minimum atomic E-state index is -3.32. The highest BCUT2D eigenvalue weighted by atomic mass is 32.2. The Morgan fingerprint density at radius 3 is 2.56 bits per heavy atom. The second-order valence-corrected chi connectivity index (χ2v) is 8.83. The summed E-state index contributed by atoms with van der Waals surface area (Å²) < 4.78 is 25.0. The number of benzene rings is 2. The van der Waals surface area contributed by atoms with Crippen LogP contribution in [0.1, 0.15) is 0 Å². The Hall–Kier alpha value is -2.65. The average molecular weight is 403 g/mol. The van der Waals surface area contributed by atoms with Crippen molar-refractivity contribution in [2.75, 3.05) is 17.3 Å². The number of thioether (sulfide) groups is 1. The van der Waals surface area contributed by atoms with Crippen molar-refractivity contribution in [3.8, 4) is 11.4 Å². The quantitative estimate of drug-likeness (QED) is 0.637. The van der Waals surface area contributed by atoms with E-state index in [2.05, 4.69) is 15.5 Å². The fraction of sp³-hybridized carbons (Fsp3) is 0.167. The molecule has 9 heteroatoms. The van der Waals surface area contributed by atoms with Gasteiger partial charge in [-0.3, -0.25) is 4.79 Å². The molecule has 27 heavy (non-hydrogen) atoms. The first-order valence-corrected chi connectivity index (χ1v) is 10.9. The number of hydrogen-bond acceptors (Lipinski definition) is 6. The van der Waals surface area contributed by atoms with E-state index in [0.717, 1.165) is 17.6 Å². The number of sulfone groups is 1. The van der Waals surface area contributed by atoms with Crippen LogP contribution in [0.4, 0.5) is 5.69 Å². The fourth-order valence-electron chi connectivity index (χ4n) is 2.41. The van der Waals surface area contributed by atoms with Crippen molar-refractivity contribution in [3.05, 3.63) is 54.6 Å². The molecule has 7 nitrogen and oxygen atoms in total. The Morgan fingerprint density at radius 1 is 1.11 bits per heavy atom. The summed E-state index contributed by atoms with van der Waals surface area (Å²) in [5.74, 6) is 0.596. The molecule has 0 saturated heterocycles. The number of anilines is 1. The molecule has 0 fully saturated rings. The molecule has 0 atom stereocenters. The van der Waals surface area contributed by atoms with Gasteiger partial charge in [-0.25, -0.2) is 8.42 Å². The van der Waals surface area contributed by atoms with Crippen molar-refractivity contribution in [2.45, 2.75) is 10.1 Å². The average Bonchev–Trinajstić information content (AvgIpc) is 3.01. The minimum absolute atomic E-state index is 0.129. The van der Waals surface area contributed by atoms with Crippen molar-refractivity contribution in [2.24, 2.45) is 7.05 Å². The zero-order valence-electron chi connectivity index (χ0n) is 14.8. The number of rotatable bonds is 6. The van der Waals surface area contributed by atoms with Crippen molar-refractivity contribution in [1.29, 1.82) is 0 Å². The van der Waals surface area contributed by atoms with Gasteiger partial charge < -0.3 is 9.88 Å². The molecule has 0 aliphatic rings. The summed E-state index contributed by atoms with van der Waals surface area (Å²) in [5.41, 5.74) is 1.38. The summed E-state index contributed by atoms with van der Waals surface area (Å²) in [6.45, 7) is 0. The zero-order chi connectivity index (χ0) is 19.4. The molecule has 0 spiro atoms. The van der Waals surface area contributed by atoms with Crippen LogP contribution in [-0.4, -0.2) is 41.1 Å². The van der Waals surface area contributed by atoms with E-state index in [1.54, 1.807) is 12.1 Å². The van der Waals surface area contributed by atoms with Gasteiger partial charge >= 0.3 is 0 Å². The third kappa shape index (κ3) is 4.75. The zero-order valence-corrected chi connectivity index (χ0v) is 16.4. The number of hydrogen-bond donors (Lipinski definition) is 1. The summed E-state index contributed by atoms with van der Waals surface area (Å²) in [6.07, 6.45) is 1.13. The van der Waals surface area contributed by atoms with E-state index in [1.807, 2.05) is 41.9 Å². The molecule has 0 saturated carbocycles. The number of carbonyl (C=O) groups excluding carboxylic acids is 1. The molecule has 0 bridgehead atoms.